The summed E-state index contributed by atoms with van der Waals surface area (Å²) in [5, 5.41) is 14.4. The Morgan fingerprint density at radius 1 is 1.29 bits per heavy atom. The lowest BCUT2D eigenvalue weighted by Gasteiger charge is -2.07. The van der Waals surface area contributed by atoms with Gasteiger partial charge in [0.05, 0.1) is 12.1 Å². The highest BCUT2D eigenvalue weighted by Gasteiger charge is 2.08. The highest BCUT2D eigenvalue weighted by atomic mass is 16.4. The molecular formula is C12H16N2O3. The molecule has 0 aliphatic carbocycles. The van der Waals surface area contributed by atoms with Gasteiger partial charge in [-0.1, -0.05) is 18.2 Å². The van der Waals surface area contributed by atoms with Crippen molar-refractivity contribution in [3.63, 3.8) is 0 Å². The standard InChI is InChI=1S/C12H16N2O3/c1-13-8-11(15)14-7-6-9-4-2-3-5-10(9)12(16)17/h2-5,13H,6-8H2,1H3,(H,14,15)(H,16,17). The zero-order chi connectivity index (χ0) is 12.7. The van der Waals surface area contributed by atoms with Crippen LogP contribution in [0.15, 0.2) is 24.3 Å². The average molecular weight is 236 g/mol. The zero-order valence-electron chi connectivity index (χ0n) is 9.69. The van der Waals surface area contributed by atoms with E-state index < -0.39 is 5.97 Å². The van der Waals surface area contributed by atoms with Crippen molar-refractivity contribution in [1.82, 2.24) is 10.6 Å². The van der Waals surface area contributed by atoms with Gasteiger partial charge in [-0.05, 0) is 25.1 Å². The summed E-state index contributed by atoms with van der Waals surface area (Å²) in [6, 6.07) is 6.80. The van der Waals surface area contributed by atoms with Crippen LogP contribution in [-0.4, -0.2) is 37.1 Å². The van der Waals surface area contributed by atoms with Gasteiger partial charge >= 0.3 is 5.97 Å². The molecule has 0 saturated carbocycles. The number of rotatable bonds is 6. The van der Waals surface area contributed by atoms with Crippen LogP contribution in [0.2, 0.25) is 0 Å². The molecular weight excluding hydrogens is 220 g/mol. The molecule has 0 aliphatic rings. The number of carboxylic acids is 1. The number of carbonyl (C=O) groups is 2. The van der Waals surface area contributed by atoms with Gasteiger partial charge in [-0.3, -0.25) is 4.79 Å². The fourth-order valence-corrected chi connectivity index (χ4v) is 1.51. The second kappa shape index (κ2) is 6.65. The van der Waals surface area contributed by atoms with E-state index in [2.05, 4.69) is 10.6 Å². The molecule has 0 aliphatic heterocycles. The van der Waals surface area contributed by atoms with Gasteiger partial charge in [-0.2, -0.15) is 0 Å². The predicted octanol–water partition coefficient (Wildman–Crippen LogP) is 0.263. The summed E-state index contributed by atoms with van der Waals surface area (Å²) in [7, 11) is 1.69. The third kappa shape index (κ3) is 4.24. The van der Waals surface area contributed by atoms with Crippen LogP contribution in [0.5, 0.6) is 0 Å². The maximum absolute atomic E-state index is 11.2. The Kier molecular flexibility index (Phi) is 5.16. The summed E-state index contributed by atoms with van der Waals surface area (Å²) in [4.78, 5) is 22.1. The predicted molar refractivity (Wildman–Crippen MR) is 64.0 cm³/mol. The molecule has 5 nitrogen and oxygen atoms in total. The van der Waals surface area contributed by atoms with Crippen LogP contribution in [0, 0.1) is 0 Å². The van der Waals surface area contributed by atoms with E-state index in [0.29, 0.717) is 13.0 Å². The van der Waals surface area contributed by atoms with Gasteiger partial charge < -0.3 is 15.7 Å². The van der Waals surface area contributed by atoms with Gasteiger partial charge in [0, 0.05) is 6.54 Å². The molecule has 0 spiro atoms. The number of carboxylic acid groups (broad SMARTS) is 1. The van der Waals surface area contributed by atoms with Gasteiger partial charge in [0.2, 0.25) is 5.91 Å². The van der Waals surface area contributed by atoms with Crippen LogP contribution in [0.4, 0.5) is 0 Å². The van der Waals surface area contributed by atoms with E-state index in [9.17, 15) is 9.59 Å². The van der Waals surface area contributed by atoms with Gasteiger partial charge in [0.15, 0.2) is 0 Å². The van der Waals surface area contributed by atoms with E-state index in [4.69, 9.17) is 5.11 Å². The number of amides is 1. The van der Waals surface area contributed by atoms with Crippen molar-refractivity contribution in [1.29, 1.82) is 0 Å². The van der Waals surface area contributed by atoms with Crippen molar-refractivity contribution in [3.05, 3.63) is 35.4 Å². The number of carbonyl (C=O) groups excluding carboxylic acids is 1. The first-order valence-corrected chi connectivity index (χ1v) is 5.37. The Bertz CT molecular complexity index is 404. The second-order valence-electron chi connectivity index (χ2n) is 3.59. The summed E-state index contributed by atoms with van der Waals surface area (Å²) in [5.41, 5.74) is 1.01. The summed E-state index contributed by atoms with van der Waals surface area (Å²) < 4.78 is 0. The minimum atomic E-state index is -0.942. The molecule has 0 saturated heterocycles. The number of aromatic carboxylic acids is 1. The van der Waals surface area contributed by atoms with E-state index in [1.807, 2.05) is 0 Å². The molecule has 1 aromatic rings. The highest BCUT2D eigenvalue weighted by Crippen LogP contribution is 2.08. The lowest BCUT2D eigenvalue weighted by Crippen LogP contribution is -2.33. The normalized spacial score (nSPS) is 9.94. The van der Waals surface area contributed by atoms with Crippen molar-refractivity contribution in [2.45, 2.75) is 6.42 Å². The molecule has 17 heavy (non-hydrogen) atoms. The molecule has 0 radical (unpaired) electrons. The van der Waals surface area contributed by atoms with Crippen molar-refractivity contribution in [2.75, 3.05) is 20.1 Å². The maximum atomic E-state index is 11.2. The molecule has 0 bridgehead atoms. The first-order valence-electron chi connectivity index (χ1n) is 5.37. The Hall–Kier alpha value is -1.88. The lowest BCUT2D eigenvalue weighted by atomic mass is 10.0. The van der Waals surface area contributed by atoms with Gasteiger partial charge in [-0.25, -0.2) is 4.79 Å². The van der Waals surface area contributed by atoms with Crippen molar-refractivity contribution in [3.8, 4) is 0 Å². The molecule has 1 amide bonds. The van der Waals surface area contributed by atoms with E-state index >= 15 is 0 Å². The Morgan fingerprint density at radius 3 is 2.65 bits per heavy atom. The summed E-state index contributed by atoms with van der Waals surface area (Å²) in [5.74, 6) is -1.04. The van der Waals surface area contributed by atoms with Crippen molar-refractivity contribution < 1.29 is 14.7 Å². The minimum absolute atomic E-state index is 0.0969. The Morgan fingerprint density at radius 2 is 2.00 bits per heavy atom. The minimum Gasteiger partial charge on any atom is -0.478 e. The fraction of sp³-hybridized carbons (Fsp3) is 0.333. The van der Waals surface area contributed by atoms with E-state index in [0.717, 1.165) is 5.56 Å². The molecule has 0 unspecified atom stereocenters. The molecule has 1 rings (SSSR count). The van der Waals surface area contributed by atoms with Crippen LogP contribution in [-0.2, 0) is 11.2 Å². The topological polar surface area (TPSA) is 78.4 Å². The SMILES string of the molecule is CNCC(=O)NCCc1ccccc1C(=O)O. The molecule has 92 valence electrons. The Labute approximate surface area is 99.8 Å². The molecule has 3 N–H and O–H groups in total. The molecule has 0 fully saturated rings. The van der Waals surface area contributed by atoms with Crippen molar-refractivity contribution in [2.24, 2.45) is 0 Å². The van der Waals surface area contributed by atoms with Crippen molar-refractivity contribution >= 4 is 11.9 Å². The smallest absolute Gasteiger partial charge is 0.335 e. The van der Waals surface area contributed by atoms with Crippen LogP contribution in [0.1, 0.15) is 15.9 Å². The molecule has 0 atom stereocenters. The summed E-state index contributed by atoms with van der Waals surface area (Å²) >= 11 is 0. The first kappa shape index (κ1) is 13.2. The van der Waals surface area contributed by atoms with E-state index in [1.54, 1.807) is 31.3 Å². The number of benzene rings is 1. The number of hydrogen-bond acceptors (Lipinski definition) is 3. The van der Waals surface area contributed by atoms with Crippen LogP contribution in [0.25, 0.3) is 0 Å². The second-order valence-corrected chi connectivity index (χ2v) is 3.59. The van der Waals surface area contributed by atoms with Crippen LogP contribution in [0.3, 0.4) is 0 Å². The lowest BCUT2D eigenvalue weighted by molar-refractivity contribution is -0.120. The Balaban J connectivity index is 2.52. The van der Waals surface area contributed by atoms with E-state index in [-0.39, 0.29) is 18.0 Å². The largest absolute Gasteiger partial charge is 0.478 e. The maximum Gasteiger partial charge on any atom is 0.335 e. The van der Waals surface area contributed by atoms with Gasteiger partial charge in [0.1, 0.15) is 0 Å². The molecule has 0 aromatic heterocycles. The fourth-order valence-electron chi connectivity index (χ4n) is 1.51. The third-order valence-corrected chi connectivity index (χ3v) is 2.30. The first-order chi connectivity index (χ1) is 8.15. The molecule has 0 heterocycles. The highest BCUT2D eigenvalue weighted by molar-refractivity contribution is 5.89. The van der Waals surface area contributed by atoms with Gasteiger partial charge in [0.25, 0.3) is 0 Å². The van der Waals surface area contributed by atoms with E-state index in [1.165, 1.54) is 0 Å². The number of nitrogens with one attached hydrogen (secondary N) is 2. The number of likely N-dealkylation sites (N-methyl/N-ethyl adjacent to an activating group) is 1. The van der Waals surface area contributed by atoms with Gasteiger partial charge in [-0.15, -0.1) is 0 Å². The van der Waals surface area contributed by atoms with Crippen LogP contribution >= 0.6 is 0 Å². The van der Waals surface area contributed by atoms with Crippen LogP contribution < -0.4 is 10.6 Å². The average Bonchev–Trinajstić information content (AvgIpc) is 2.30. The summed E-state index contributed by atoms with van der Waals surface area (Å²) in [6.45, 7) is 0.700. The quantitative estimate of drug-likeness (QED) is 0.662. The number of hydrogen-bond donors (Lipinski definition) is 3. The summed E-state index contributed by atoms with van der Waals surface area (Å²) in [6.07, 6.45) is 0.512. The monoisotopic (exact) mass is 236 g/mol. The zero-order valence-corrected chi connectivity index (χ0v) is 9.69. The molecule has 1 aromatic carbocycles. The molecule has 5 heteroatoms. The third-order valence-electron chi connectivity index (χ3n) is 2.30.